The summed E-state index contributed by atoms with van der Waals surface area (Å²) in [4.78, 5) is 9.07. The molecule has 0 spiro atoms. The lowest BCUT2D eigenvalue weighted by atomic mass is 10.2. The number of nitrogens with two attached hydrogens (primary N) is 1. The van der Waals surface area contributed by atoms with Gasteiger partial charge in [-0.05, 0) is 13.0 Å². The van der Waals surface area contributed by atoms with Crippen molar-refractivity contribution in [2.75, 3.05) is 5.73 Å². The fourth-order valence-corrected chi connectivity index (χ4v) is 1.95. The summed E-state index contributed by atoms with van der Waals surface area (Å²) in [6.07, 6.45) is 3.04. The molecule has 5 heteroatoms. The Labute approximate surface area is 85.1 Å². The third-order valence-corrected chi connectivity index (χ3v) is 2.61. The Kier molecular flexibility index (Phi) is 2.09. The lowest BCUT2D eigenvalue weighted by Gasteiger charge is -1.97. The summed E-state index contributed by atoms with van der Waals surface area (Å²) in [6, 6.07) is 1.62. The Morgan fingerprint density at radius 2 is 2.21 bits per heavy atom. The maximum Gasteiger partial charge on any atom is 0.180 e. The van der Waals surface area contributed by atoms with Gasteiger partial charge >= 0.3 is 0 Å². The van der Waals surface area contributed by atoms with Crippen LogP contribution in [-0.2, 0) is 0 Å². The molecule has 2 aromatic heterocycles. The molecule has 0 atom stereocenters. The van der Waals surface area contributed by atoms with Crippen LogP contribution in [0, 0.1) is 6.92 Å². The molecule has 0 fully saturated rings. The van der Waals surface area contributed by atoms with E-state index < -0.39 is 0 Å². The van der Waals surface area contributed by atoms with Gasteiger partial charge in [-0.1, -0.05) is 0 Å². The SMILES string of the molecule is Cc1sc(N)nc1-c1cncc(O)c1. The van der Waals surface area contributed by atoms with Gasteiger partial charge in [-0.3, -0.25) is 4.98 Å². The number of aromatic nitrogens is 2. The number of anilines is 1. The first-order valence-electron chi connectivity index (χ1n) is 4.04. The molecule has 72 valence electrons. The predicted molar refractivity (Wildman–Crippen MR) is 56.2 cm³/mol. The summed E-state index contributed by atoms with van der Waals surface area (Å²) >= 11 is 1.43. The third-order valence-electron chi connectivity index (χ3n) is 1.81. The third kappa shape index (κ3) is 1.54. The summed E-state index contributed by atoms with van der Waals surface area (Å²) < 4.78 is 0. The highest BCUT2D eigenvalue weighted by Crippen LogP contribution is 2.29. The first kappa shape index (κ1) is 8.96. The number of thiazole rings is 1. The van der Waals surface area contributed by atoms with E-state index in [4.69, 9.17) is 5.73 Å². The fourth-order valence-electron chi connectivity index (χ4n) is 1.24. The summed E-state index contributed by atoms with van der Waals surface area (Å²) in [5.41, 5.74) is 7.15. The average molecular weight is 207 g/mol. The first-order chi connectivity index (χ1) is 6.66. The van der Waals surface area contributed by atoms with E-state index in [0.29, 0.717) is 5.13 Å². The molecule has 2 heterocycles. The number of aryl methyl sites for hydroxylation is 1. The van der Waals surface area contributed by atoms with Gasteiger partial charge in [0.15, 0.2) is 5.13 Å². The molecule has 0 aliphatic heterocycles. The molecule has 0 aliphatic rings. The van der Waals surface area contributed by atoms with Gasteiger partial charge in [-0.25, -0.2) is 4.98 Å². The maximum atomic E-state index is 9.25. The molecule has 0 unspecified atom stereocenters. The van der Waals surface area contributed by atoms with Gasteiger partial charge in [0, 0.05) is 16.6 Å². The minimum atomic E-state index is 0.133. The van der Waals surface area contributed by atoms with Gasteiger partial charge in [0.05, 0.1) is 11.9 Å². The van der Waals surface area contributed by atoms with E-state index in [-0.39, 0.29) is 5.75 Å². The van der Waals surface area contributed by atoms with Crippen molar-refractivity contribution in [1.29, 1.82) is 0 Å². The summed E-state index contributed by atoms with van der Waals surface area (Å²) in [7, 11) is 0. The number of aromatic hydroxyl groups is 1. The quantitative estimate of drug-likeness (QED) is 0.748. The van der Waals surface area contributed by atoms with Crippen molar-refractivity contribution in [3.63, 3.8) is 0 Å². The molecule has 14 heavy (non-hydrogen) atoms. The van der Waals surface area contributed by atoms with E-state index in [1.165, 1.54) is 17.5 Å². The number of nitrogen functional groups attached to an aromatic ring is 1. The summed E-state index contributed by atoms with van der Waals surface area (Å²) in [6.45, 7) is 1.94. The second-order valence-electron chi connectivity index (χ2n) is 2.89. The van der Waals surface area contributed by atoms with Crippen molar-refractivity contribution in [2.24, 2.45) is 0 Å². The van der Waals surface area contributed by atoms with Crippen molar-refractivity contribution < 1.29 is 5.11 Å². The highest BCUT2D eigenvalue weighted by molar-refractivity contribution is 7.15. The van der Waals surface area contributed by atoms with Gasteiger partial charge in [-0.2, -0.15) is 0 Å². The lowest BCUT2D eigenvalue weighted by molar-refractivity contribution is 0.473. The van der Waals surface area contributed by atoms with Crippen molar-refractivity contribution in [3.8, 4) is 17.0 Å². The van der Waals surface area contributed by atoms with Crippen LogP contribution in [0.2, 0.25) is 0 Å². The first-order valence-corrected chi connectivity index (χ1v) is 4.86. The number of hydrogen-bond donors (Lipinski definition) is 2. The molecule has 0 saturated carbocycles. The van der Waals surface area contributed by atoms with Crippen LogP contribution in [0.4, 0.5) is 5.13 Å². The second kappa shape index (κ2) is 3.26. The number of pyridine rings is 1. The zero-order valence-electron chi connectivity index (χ0n) is 7.56. The molecule has 0 aliphatic carbocycles. The molecule has 2 rings (SSSR count). The van der Waals surface area contributed by atoms with Crippen molar-refractivity contribution in [2.45, 2.75) is 6.92 Å². The largest absolute Gasteiger partial charge is 0.506 e. The normalized spacial score (nSPS) is 10.4. The highest BCUT2D eigenvalue weighted by Gasteiger charge is 2.08. The van der Waals surface area contributed by atoms with Gasteiger partial charge in [0.25, 0.3) is 0 Å². The number of nitrogens with zero attached hydrogens (tertiary/aromatic N) is 2. The molecule has 0 radical (unpaired) electrons. The molecule has 4 nitrogen and oxygen atoms in total. The minimum absolute atomic E-state index is 0.133. The topological polar surface area (TPSA) is 72.0 Å². The number of hydrogen-bond acceptors (Lipinski definition) is 5. The highest BCUT2D eigenvalue weighted by atomic mass is 32.1. The standard InChI is InChI=1S/C9H9N3OS/c1-5-8(12-9(10)14-5)6-2-7(13)4-11-3-6/h2-4,13H,1H3,(H2,10,12). The Bertz CT molecular complexity index is 467. The minimum Gasteiger partial charge on any atom is -0.506 e. The Balaban J connectivity index is 2.54. The molecular weight excluding hydrogens is 198 g/mol. The Hall–Kier alpha value is -1.62. The van der Waals surface area contributed by atoms with Crippen LogP contribution < -0.4 is 5.73 Å². The van der Waals surface area contributed by atoms with Crippen LogP contribution >= 0.6 is 11.3 Å². The molecule has 0 saturated heterocycles. The molecular formula is C9H9N3OS. The predicted octanol–water partition coefficient (Wildman–Crippen LogP) is 1.80. The molecule has 0 amide bonds. The van der Waals surface area contributed by atoms with Crippen LogP contribution in [0.3, 0.4) is 0 Å². The zero-order chi connectivity index (χ0) is 10.1. The smallest absolute Gasteiger partial charge is 0.180 e. The summed E-state index contributed by atoms with van der Waals surface area (Å²) in [5, 5.41) is 9.78. The van der Waals surface area contributed by atoms with E-state index in [2.05, 4.69) is 9.97 Å². The van der Waals surface area contributed by atoms with E-state index in [0.717, 1.165) is 16.1 Å². The number of rotatable bonds is 1. The fraction of sp³-hybridized carbons (Fsp3) is 0.111. The molecule has 0 aromatic carbocycles. The van der Waals surface area contributed by atoms with Gasteiger partial charge in [-0.15, -0.1) is 11.3 Å². The average Bonchev–Trinajstić information content (AvgIpc) is 2.45. The van der Waals surface area contributed by atoms with Crippen molar-refractivity contribution in [1.82, 2.24) is 9.97 Å². The second-order valence-corrected chi connectivity index (χ2v) is 4.12. The monoisotopic (exact) mass is 207 g/mol. The molecule has 2 aromatic rings. The van der Waals surface area contributed by atoms with Crippen molar-refractivity contribution in [3.05, 3.63) is 23.3 Å². The zero-order valence-corrected chi connectivity index (χ0v) is 8.38. The lowest BCUT2D eigenvalue weighted by Crippen LogP contribution is -1.84. The van der Waals surface area contributed by atoms with Crippen LogP contribution in [0.15, 0.2) is 18.5 Å². The van der Waals surface area contributed by atoms with Crippen LogP contribution in [0.5, 0.6) is 5.75 Å². The van der Waals surface area contributed by atoms with Crippen LogP contribution in [-0.4, -0.2) is 15.1 Å². The van der Waals surface area contributed by atoms with Crippen LogP contribution in [0.1, 0.15) is 4.88 Å². The molecule has 0 bridgehead atoms. The Morgan fingerprint density at radius 1 is 1.43 bits per heavy atom. The van der Waals surface area contributed by atoms with Gasteiger partial charge in [0.2, 0.25) is 0 Å². The maximum absolute atomic E-state index is 9.25. The van der Waals surface area contributed by atoms with E-state index >= 15 is 0 Å². The van der Waals surface area contributed by atoms with Gasteiger partial charge in [0.1, 0.15) is 5.75 Å². The summed E-state index contributed by atoms with van der Waals surface area (Å²) in [5.74, 6) is 0.133. The van der Waals surface area contributed by atoms with Crippen LogP contribution in [0.25, 0.3) is 11.3 Å². The van der Waals surface area contributed by atoms with E-state index in [1.54, 1.807) is 12.3 Å². The van der Waals surface area contributed by atoms with E-state index in [9.17, 15) is 5.11 Å². The van der Waals surface area contributed by atoms with E-state index in [1.807, 2.05) is 6.92 Å². The van der Waals surface area contributed by atoms with Crippen molar-refractivity contribution >= 4 is 16.5 Å². The molecule has 3 N–H and O–H groups in total. The van der Waals surface area contributed by atoms with Gasteiger partial charge < -0.3 is 10.8 Å². The Morgan fingerprint density at radius 3 is 2.79 bits per heavy atom.